The molecular formula is C10H25O9P. The van der Waals surface area contributed by atoms with Crippen LogP contribution >= 0.6 is 8.60 Å². The Morgan fingerprint density at radius 2 is 1.40 bits per heavy atom. The van der Waals surface area contributed by atoms with Crippen molar-refractivity contribution in [1.82, 2.24) is 0 Å². The van der Waals surface area contributed by atoms with Gasteiger partial charge in [-0.05, 0) is 20.8 Å². The molecule has 0 amide bonds. The molecule has 0 aliphatic heterocycles. The predicted octanol–water partition coefficient (Wildman–Crippen LogP) is -0.733. The van der Waals surface area contributed by atoms with Crippen molar-refractivity contribution in [2.24, 2.45) is 0 Å². The van der Waals surface area contributed by atoms with E-state index in [1.54, 1.807) is 20.8 Å². The molecule has 0 radical (unpaired) electrons. The van der Waals surface area contributed by atoms with E-state index in [-0.39, 0.29) is 26.4 Å². The second-order valence-corrected chi connectivity index (χ2v) is 3.68. The number of rotatable bonds is 10. The van der Waals surface area contributed by atoms with Gasteiger partial charge < -0.3 is 43.8 Å². The molecule has 0 heterocycles. The summed E-state index contributed by atoms with van der Waals surface area (Å²) < 4.78 is 20.5. The molecule has 20 heavy (non-hydrogen) atoms. The third-order valence-electron chi connectivity index (χ3n) is 1.68. The number of aliphatic hydroxyl groups is 2. The van der Waals surface area contributed by atoms with E-state index in [9.17, 15) is 5.11 Å². The van der Waals surface area contributed by atoms with Gasteiger partial charge in [-0.1, -0.05) is 0 Å². The van der Waals surface area contributed by atoms with Crippen LogP contribution in [-0.4, -0.2) is 70.2 Å². The molecule has 0 rings (SSSR count). The van der Waals surface area contributed by atoms with Crippen LogP contribution in [0.1, 0.15) is 20.8 Å². The van der Waals surface area contributed by atoms with E-state index in [4.69, 9.17) is 38.7 Å². The molecule has 0 aromatic heterocycles. The van der Waals surface area contributed by atoms with Crippen LogP contribution in [0.5, 0.6) is 0 Å². The van der Waals surface area contributed by atoms with Crippen molar-refractivity contribution < 1.29 is 43.8 Å². The highest BCUT2D eigenvalue weighted by molar-refractivity contribution is 7.38. The molecule has 0 saturated heterocycles. The Kier molecular flexibility index (Phi) is 15.7. The zero-order valence-electron chi connectivity index (χ0n) is 11.9. The maximum atomic E-state index is 10.1. The van der Waals surface area contributed by atoms with Crippen LogP contribution in [0.3, 0.4) is 0 Å². The van der Waals surface area contributed by atoms with Gasteiger partial charge in [0.05, 0.1) is 13.2 Å². The lowest BCUT2D eigenvalue weighted by Gasteiger charge is -2.33. The van der Waals surface area contributed by atoms with Crippen molar-refractivity contribution in [2.45, 2.75) is 33.0 Å². The molecule has 1 unspecified atom stereocenters. The minimum atomic E-state index is -2.62. The summed E-state index contributed by atoms with van der Waals surface area (Å²) >= 11 is 0. The van der Waals surface area contributed by atoms with Crippen LogP contribution in [0, 0.1) is 0 Å². The molecule has 124 valence electrons. The molecule has 0 fully saturated rings. The quantitative estimate of drug-likeness (QED) is 0.260. The maximum Gasteiger partial charge on any atom is 0.334 e. The SMILES string of the molecule is CCOC(OCCO)C(O)(OCC)OCC.OP(O)O. The molecular weight excluding hydrogens is 295 g/mol. The summed E-state index contributed by atoms with van der Waals surface area (Å²) in [5.74, 6) is -1.94. The standard InChI is InChI=1S/C10H22O6.H3O3P/c1-4-13-9(14-8-7-11)10(12,15-5-2)16-6-3;1-4(2)3/h9,11-12H,4-8H2,1-3H3;1-3H. The Morgan fingerprint density at radius 1 is 0.950 bits per heavy atom. The lowest BCUT2D eigenvalue weighted by molar-refractivity contribution is -0.440. The first kappa shape index (κ1) is 22.4. The summed E-state index contributed by atoms with van der Waals surface area (Å²) in [5.41, 5.74) is 0. The Balaban J connectivity index is 0. The average molecular weight is 320 g/mol. The highest BCUT2D eigenvalue weighted by atomic mass is 31.2. The Hall–Kier alpha value is 0.0700. The fourth-order valence-electron chi connectivity index (χ4n) is 1.16. The highest BCUT2D eigenvalue weighted by Crippen LogP contribution is 2.19. The van der Waals surface area contributed by atoms with Crippen molar-refractivity contribution in [3.05, 3.63) is 0 Å². The molecule has 5 N–H and O–H groups in total. The first-order valence-corrected chi connectivity index (χ1v) is 7.28. The average Bonchev–Trinajstić information content (AvgIpc) is 2.34. The van der Waals surface area contributed by atoms with Crippen molar-refractivity contribution in [3.63, 3.8) is 0 Å². The van der Waals surface area contributed by atoms with E-state index in [1.807, 2.05) is 0 Å². The highest BCUT2D eigenvalue weighted by Gasteiger charge is 2.41. The van der Waals surface area contributed by atoms with Gasteiger partial charge in [0.1, 0.15) is 0 Å². The van der Waals surface area contributed by atoms with Crippen LogP contribution in [0.4, 0.5) is 0 Å². The lowest BCUT2D eigenvalue weighted by atomic mass is 10.5. The normalized spacial score (nSPS) is 13.1. The van der Waals surface area contributed by atoms with E-state index in [1.165, 1.54) is 0 Å². The van der Waals surface area contributed by atoms with E-state index in [2.05, 4.69) is 0 Å². The zero-order valence-corrected chi connectivity index (χ0v) is 12.8. The minimum Gasteiger partial charge on any atom is -0.394 e. The third kappa shape index (κ3) is 11.9. The minimum absolute atomic E-state index is 0.0348. The summed E-state index contributed by atoms with van der Waals surface area (Å²) in [4.78, 5) is 21.7. The van der Waals surface area contributed by atoms with Crippen LogP contribution in [0.15, 0.2) is 0 Å². The van der Waals surface area contributed by atoms with Crippen LogP contribution in [-0.2, 0) is 18.9 Å². The van der Waals surface area contributed by atoms with Crippen LogP contribution < -0.4 is 0 Å². The molecule has 0 aliphatic rings. The van der Waals surface area contributed by atoms with E-state index >= 15 is 0 Å². The Morgan fingerprint density at radius 3 is 1.70 bits per heavy atom. The molecule has 0 aromatic carbocycles. The molecule has 9 nitrogen and oxygen atoms in total. The topological polar surface area (TPSA) is 138 Å². The van der Waals surface area contributed by atoms with Crippen molar-refractivity contribution in [1.29, 1.82) is 0 Å². The van der Waals surface area contributed by atoms with Crippen molar-refractivity contribution in [3.8, 4) is 0 Å². The van der Waals surface area contributed by atoms with Crippen LogP contribution in [0.25, 0.3) is 0 Å². The number of ether oxygens (including phenoxy) is 4. The van der Waals surface area contributed by atoms with Gasteiger partial charge in [0.15, 0.2) is 0 Å². The van der Waals surface area contributed by atoms with Gasteiger partial charge in [0.25, 0.3) is 0 Å². The van der Waals surface area contributed by atoms with Gasteiger partial charge in [-0.3, -0.25) is 0 Å². The fourth-order valence-corrected chi connectivity index (χ4v) is 1.16. The second-order valence-electron chi connectivity index (χ2n) is 3.15. The molecule has 0 saturated carbocycles. The number of aliphatic hydroxyl groups excluding tert-OH is 1. The molecule has 0 spiro atoms. The largest absolute Gasteiger partial charge is 0.394 e. The lowest BCUT2D eigenvalue weighted by Crippen LogP contribution is -2.50. The molecule has 10 heteroatoms. The van der Waals surface area contributed by atoms with Gasteiger partial charge in [-0.15, -0.1) is 0 Å². The molecule has 0 bridgehead atoms. The summed E-state index contributed by atoms with van der Waals surface area (Å²) in [5, 5.41) is 18.7. The van der Waals surface area contributed by atoms with Crippen molar-refractivity contribution >= 4 is 8.60 Å². The summed E-state index contributed by atoms with van der Waals surface area (Å²) in [6.45, 7) is 5.90. The predicted molar refractivity (Wildman–Crippen MR) is 70.2 cm³/mol. The monoisotopic (exact) mass is 320 g/mol. The number of hydrogen-bond donors (Lipinski definition) is 5. The van der Waals surface area contributed by atoms with E-state index < -0.39 is 20.9 Å². The fraction of sp³-hybridized carbons (Fsp3) is 1.00. The van der Waals surface area contributed by atoms with Gasteiger partial charge in [0, 0.05) is 19.8 Å². The third-order valence-corrected chi connectivity index (χ3v) is 1.68. The Bertz CT molecular complexity index is 196. The zero-order chi connectivity index (χ0) is 16.0. The van der Waals surface area contributed by atoms with Crippen molar-refractivity contribution in [2.75, 3.05) is 33.0 Å². The summed E-state index contributed by atoms with van der Waals surface area (Å²) in [7, 11) is -2.62. The first-order chi connectivity index (χ1) is 9.37. The van der Waals surface area contributed by atoms with Gasteiger partial charge in [0.2, 0.25) is 6.29 Å². The van der Waals surface area contributed by atoms with Crippen LogP contribution in [0.2, 0.25) is 0 Å². The molecule has 1 atom stereocenters. The van der Waals surface area contributed by atoms with E-state index in [0.29, 0.717) is 6.61 Å². The van der Waals surface area contributed by atoms with E-state index in [0.717, 1.165) is 0 Å². The summed E-state index contributed by atoms with van der Waals surface area (Å²) in [6.07, 6.45) is -1.08. The van der Waals surface area contributed by atoms with Gasteiger partial charge >= 0.3 is 14.6 Å². The maximum absolute atomic E-state index is 10.1. The second kappa shape index (κ2) is 14.0. The first-order valence-electron chi connectivity index (χ1n) is 6.08. The smallest absolute Gasteiger partial charge is 0.334 e. The Labute approximate surface area is 119 Å². The van der Waals surface area contributed by atoms with Gasteiger partial charge in [-0.25, -0.2) is 0 Å². The molecule has 0 aromatic rings. The summed E-state index contributed by atoms with van der Waals surface area (Å²) in [6, 6.07) is 0. The number of hydrogen-bond acceptors (Lipinski definition) is 9. The molecule has 0 aliphatic carbocycles. The van der Waals surface area contributed by atoms with Gasteiger partial charge in [-0.2, -0.15) is 0 Å².